The summed E-state index contributed by atoms with van der Waals surface area (Å²) in [5.41, 5.74) is 7.55. The molecule has 0 saturated heterocycles. The fourth-order valence-corrected chi connectivity index (χ4v) is 2.22. The first-order valence-electron chi connectivity index (χ1n) is 8.66. The van der Waals surface area contributed by atoms with Crippen LogP contribution in [0.4, 0.5) is 13.2 Å². The van der Waals surface area contributed by atoms with Crippen LogP contribution in [-0.2, 0) is 11.3 Å². The Hall–Kier alpha value is -3.59. The molecule has 9 heteroatoms. The maximum absolute atomic E-state index is 10.6. The molecule has 0 aliphatic heterocycles. The van der Waals surface area contributed by atoms with Crippen LogP contribution < -0.4 is 15.2 Å². The Balaban J connectivity index is 0.000000396. The van der Waals surface area contributed by atoms with Crippen LogP contribution >= 0.6 is 0 Å². The monoisotopic (exact) mass is 420 g/mol. The molecule has 3 aromatic rings. The Morgan fingerprint density at radius 3 is 2.10 bits per heavy atom. The van der Waals surface area contributed by atoms with Crippen LogP contribution in [0.15, 0.2) is 66.7 Å². The number of ether oxygens (including phenoxy) is 2. The molecule has 30 heavy (non-hydrogen) atoms. The first kappa shape index (κ1) is 22.7. The van der Waals surface area contributed by atoms with Gasteiger partial charge in [0.1, 0.15) is 17.2 Å². The third kappa shape index (κ3) is 7.44. The third-order valence-electron chi connectivity index (χ3n) is 3.47. The number of hydrogen-bond acceptors (Lipinski definition) is 5. The quantitative estimate of drug-likeness (QED) is 0.599. The van der Waals surface area contributed by atoms with Gasteiger partial charge in [-0.1, -0.05) is 24.3 Å². The number of para-hydroxylation sites is 1. The average Bonchev–Trinajstić information content (AvgIpc) is 2.68. The number of alkyl halides is 3. The number of aryl methyl sites for hydroxylation is 1. The zero-order valence-corrected chi connectivity index (χ0v) is 15.9. The molecule has 0 aliphatic rings. The van der Waals surface area contributed by atoms with Crippen molar-refractivity contribution >= 4 is 5.97 Å². The fraction of sp³-hybridized carbons (Fsp3) is 0.143. The molecule has 0 saturated carbocycles. The lowest BCUT2D eigenvalue weighted by Gasteiger charge is -2.10. The number of benzene rings is 2. The minimum Gasteiger partial charge on any atom is -0.475 e. The summed E-state index contributed by atoms with van der Waals surface area (Å²) in [7, 11) is 0. The Labute approximate surface area is 170 Å². The number of carbonyl (C=O) groups is 1. The zero-order valence-electron chi connectivity index (χ0n) is 15.9. The van der Waals surface area contributed by atoms with Gasteiger partial charge in [0, 0.05) is 24.4 Å². The van der Waals surface area contributed by atoms with E-state index in [9.17, 15) is 13.2 Å². The summed E-state index contributed by atoms with van der Waals surface area (Å²) in [6.07, 6.45) is -5.08. The van der Waals surface area contributed by atoms with Crippen molar-refractivity contribution in [2.45, 2.75) is 19.6 Å². The van der Waals surface area contributed by atoms with E-state index >= 15 is 0 Å². The maximum Gasteiger partial charge on any atom is 0.490 e. The minimum absolute atomic E-state index is 0.455. The van der Waals surface area contributed by atoms with Crippen molar-refractivity contribution in [3.63, 3.8) is 0 Å². The van der Waals surface area contributed by atoms with Crippen LogP contribution in [-0.4, -0.2) is 22.2 Å². The summed E-state index contributed by atoms with van der Waals surface area (Å²) in [6.45, 7) is 2.37. The van der Waals surface area contributed by atoms with Crippen molar-refractivity contribution < 1.29 is 32.5 Å². The number of nitrogens with two attached hydrogens (primary N) is 1. The first-order chi connectivity index (χ1) is 14.2. The standard InChI is InChI=1S/C19H18N2O2.C2HF3O2/c1-14-10-15(13-20)11-19(21-14)23-18-9-5-8-17(12-18)22-16-6-3-2-4-7-16;3-2(4,5)1(6)7/h2-12H,13,20H2,1H3;(H,6,7). The van der Waals surface area contributed by atoms with Crippen LogP contribution in [0.1, 0.15) is 11.3 Å². The van der Waals surface area contributed by atoms with Gasteiger partial charge in [-0.15, -0.1) is 0 Å². The van der Waals surface area contributed by atoms with Crippen molar-refractivity contribution in [2.24, 2.45) is 5.73 Å². The van der Waals surface area contributed by atoms with Gasteiger partial charge in [-0.25, -0.2) is 9.78 Å². The van der Waals surface area contributed by atoms with E-state index in [1.165, 1.54) is 0 Å². The summed E-state index contributed by atoms with van der Waals surface area (Å²) >= 11 is 0. The molecule has 0 fully saturated rings. The van der Waals surface area contributed by atoms with Crippen molar-refractivity contribution in [1.29, 1.82) is 0 Å². The molecule has 3 N–H and O–H groups in total. The number of halogens is 3. The molecule has 0 radical (unpaired) electrons. The van der Waals surface area contributed by atoms with Crippen LogP contribution in [0, 0.1) is 6.92 Å². The lowest BCUT2D eigenvalue weighted by atomic mass is 10.2. The number of carboxylic acid groups (broad SMARTS) is 1. The number of nitrogens with zero attached hydrogens (tertiary/aromatic N) is 1. The SMILES string of the molecule is Cc1cc(CN)cc(Oc2cccc(Oc3ccccc3)c2)n1.O=C(O)C(F)(F)F. The van der Waals surface area contributed by atoms with E-state index in [-0.39, 0.29) is 0 Å². The molecule has 6 nitrogen and oxygen atoms in total. The maximum atomic E-state index is 10.6. The highest BCUT2D eigenvalue weighted by atomic mass is 19.4. The third-order valence-corrected chi connectivity index (χ3v) is 3.47. The van der Waals surface area contributed by atoms with Crippen LogP contribution in [0.5, 0.6) is 23.1 Å². The highest BCUT2D eigenvalue weighted by molar-refractivity contribution is 5.73. The summed E-state index contributed by atoms with van der Waals surface area (Å²) in [5, 5.41) is 7.12. The van der Waals surface area contributed by atoms with Crippen LogP contribution in [0.2, 0.25) is 0 Å². The molecule has 0 unspecified atom stereocenters. The number of rotatable bonds is 5. The summed E-state index contributed by atoms with van der Waals surface area (Å²) in [4.78, 5) is 13.3. The molecule has 158 valence electrons. The zero-order chi connectivity index (χ0) is 22.1. The highest BCUT2D eigenvalue weighted by Crippen LogP contribution is 2.28. The second kappa shape index (κ2) is 10.3. The second-order valence-electron chi connectivity index (χ2n) is 5.95. The number of carboxylic acids is 1. The number of hydrogen-bond donors (Lipinski definition) is 2. The molecule has 1 heterocycles. The Morgan fingerprint density at radius 1 is 0.967 bits per heavy atom. The minimum atomic E-state index is -5.08. The largest absolute Gasteiger partial charge is 0.490 e. The van der Waals surface area contributed by atoms with E-state index in [0.29, 0.717) is 23.9 Å². The van der Waals surface area contributed by atoms with Crippen LogP contribution in [0.3, 0.4) is 0 Å². The predicted molar refractivity (Wildman–Crippen MR) is 104 cm³/mol. The Bertz CT molecular complexity index is 979. The number of aliphatic carboxylic acids is 1. The predicted octanol–water partition coefficient (Wildman–Crippen LogP) is 5.07. The van der Waals surface area contributed by atoms with Gasteiger partial charge in [-0.2, -0.15) is 13.2 Å². The molecule has 0 aliphatic carbocycles. The second-order valence-corrected chi connectivity index (χ2v) is 5.95. The Kier molecular flexibility index (Phi) is 7.76. The average molecular weight is 420 g/mol. The van der Waals surface area contributed by atoms with Gasteiger partial charge < -0.3 is 20.3 Å². The van der Waals surface area contributed by atoms with Gasteiger partial charge >= 0.3 is 12.1 Å². The first-order valence-corrected chi connectivity index (χ1v) is 8.66. The topological polar surface area (TPSA) is 94.7 Å². The van der Waals surface area contributed by atoms with E-state index in [1.54, 1.807) is 0 Å². The van der Waals surface area contributed by atoms with Gasteiger partial charge in [-0.05, 0) is 42.8 Å². The molecular weight excluding hydrogens is 401 g/mol. The highest BCUT2D eigenvalue weighted by Gasteiger charge is 2.38. The molecule has 2 aromatic carbocycles. The molecule has 1 aromatic heterocycles. The van der Waals surface area contributed by atoms with Crippen molar-refractivity contribution in [3.05, 3.63) is 78.0 Å². The van der Waals surface area contributed by atoms with Crippen molar-refractivity contribution in [2.75, 3.05) is 0 Å². The van der Waals surface area contributed by atoms with E-state index in [2.05, 4.69) is 4.98 Å². The van der Waals surface area contributed by atoms with Gasteiger partial charge in [0.15, 0.2) is 0 Å². The molecule has 0 atom stereocenters. The summed E-state index contributed by atoms with van der Waals surface area (Å²) < 4.78 is 43.4. The van der Waals surface area contributed by atoms with E-state index in [4.69, 9.17) is 25.1 Å². The fourth-order valence-electron chi connectivity index (χ4n) is 2.22. The number of aromatic nitrogens is 1. The lowest BCUT2D eigenvalue weighted by Crippen LogP contribution is -2.21. The van der Waals surface area contributed by atoms with Gasteiger partial charge in [0.2, 0.25) is 5.88 Å². The Morgan fingerprint density at radius 2 is 1.53 bits per heavy atom. The van der Waals surface area contributed by atoms with Crippen LogP contribution in [0.25, 0.3) is 0 Å². The van der Waals surface area contributed by atoms with Gasteiger partial charge in [-0.3, -0.25) is 0 Å². The molecule has 0 spiro atoms. The van der Waals surface area contributed by atoms with Gasteiger partial charge in [0.25, 0.3) is 0 Å². The molecule has 0 amide bonds. The van der Waals surface area contributed by atoms with E-state index in [1.807, 2.05) is 73.7 Å². The van der Waals surface area contributed by atoms with E-state index in [0.717, 1.165) is 17.0 Å². The summed E-state index contributed by atoms with van der Waals surface area (Å²) in [6, 6.07) is 20.9. The van der Waals surface area contributed by atoms with E-state index < -0.39 is 12.1 Å². The normalized spacial score (nSPS) is 10.6. The molecule has 0 bridgehead atoms. The molecule has 3 rings (SSSR count). The summed E-state index contributed by atoms with van der Waals surface area (Å²) in [5.74, 6) is -0.0709. The lowest BCUT2D eigenvalue weighted by molar-refractivity contribution is -0.192. The van der Waals surface area contributed by atoms with Gasteiger partial charge in [0.05, 0.1) is 0 Å². The van der Waals surface area contributed by atoms with Crippen molar-refractivity contribution in [1.82, 2.24) is 4.98 Å². The van der Waals surface area contributed by atoms with Crippen molar-refractivity contribution in [3.8, 4) is 23.1 Å². The smallest absolute Gasteiger partial charge is 0.475 e. The molecular formula is C21H19F3N2O4. The number of pyridine rings is 1.